The maximum atomic E-state index is 11.7. The molecule has 0 spiro atoms. The molecule has 0 radical (unpaired) electrons. The van der Waals surface area contributed by atoms with Gasteiger partial charge in [-0.25, -0.2) is 4.68 Å². The summed E-state index contributed by atoms with van der Waals surface area (Å²) in [6, 6.07) is 0. The van der Waals surface area contributed by atoms with Gasteiger partial charge in [-0.15, -0.1) is 0 Å². The molecule has 2 rings (SSSR count). The zero-order valence-corrected chi connectivity index (χ0v) is 13.1. The number of nitrogens with one attached hydrogen (secondary N) is 1. The molecule has 118 valence electrons. The van der Waals surface area contributed by atoms with E-state index in [0.29, 0.717) is 16.7 Å². The zero-order chi connectivity index (χ0) is 15.5. The second-order valence-corrected chi connectivity index (χ2v) is 4.63. The summed E-state index contributed by atoms with van der Waals surface area (Å²) in [5.74, 6) is 0.651. The van der Waals surface area contributed by atoms with Crippen LogP contribution in [0.3, 0.4) is 0 Å². The third kappa shape index (κ3) is 7.55. The van der Waals surface area contributed by atoms with Crippen LogP contribution in [0.1, 0.15) is 39.8 Å². The molecule has 0 saturated carbocycles. The smallest absolute Gasteiger partial charge is 0.333 e. The highest BCUT2D eigenvalue weighted by molar-refractivity contribution is 4.99. The third-order valence-corrected chi connectivity index (χ3v) is 2.63. The fraction of sp³-hybridized carbons (Fsp3) is 0.786. The van der Waals surface area contributed by atoms with Gasteiger partial charge in [0.05, 0.1) is 18.9 Å². The molecule has 1 aromatic rings. The van der Waals surface area contributed by atoms with Gasteiger partial charge >= 0.3 is 6.55 Å². The van der Waals surface area contributed by atoms with Crippen LogP contribution < -0.4 is 5.32 Å². The van der Waals surface area contributed by atoms with Crippen LogP contribution >= 0.6 is 0 Å². The van der Waals surface area contributed by atoms with Gasteiger partial charge in [0.1, 0.15) is 0 Å². The fourth-order valence-corrected chi connectivity index (χ4v) is 1.55. The normalized spacial score (nSPS) is 18.1. The summed E-state index contributed by atoms with van der Waals surface area (Å²) in [6.45, 7) is 10.5. The molecule has 1 saturated heterocycles. The highest BCUT2D eigenvalue weighted by Gasteiger charge is 2.15. The minimum atomic E-state index is -2.52. The van der Waals surface area contributed by atoms with Crippen molar-refractivity contribution >= 4 is 0 Å². The lowest BCUT2D eigenvalue weighted by atomic mass is 10.1. The van der Waals surface area contributed by atoms with Gasteiger partial charge in [-0.2, -0.15) is 13.9 Å². The predicted molar refractivity (Wildman–Crippen MR) is 77.0 cm³/mol. The molecule has 0 aliphatic carbocycles. The highest BCUT2D eigenvalue weighted by Crippen LogP contribution is 2.08. The van der Waals surface area contributed by atoms with E-state index in [-0.39, 0.29) is 0 Å². The Kier molecular flexibility index (Phi) is 10.2. The van der Waals surface area contributed by atoms with Crippen molar-refractivity contribution < 1.29 is 13.5 Å². The molecule has 1 aliphatic heterocycles. The Balaban J connectivity index is 0.000000321. The quantitative estimate of drug-likeness (QED) is 0.909. The summed E-state index contributed by atoms with van der Waals surface area (Å²) < 4.78 is 29.5. The van der Waals surface area contributed by atoms with Crippen molar-refractivity contribution in [1.29, 1.82) is 0 Å². The Bertz CT molecular complexity index is 337. The number of alkyl halides is 2. The second-order valence-electron chi connectivity index (χ2n) is 4.63. The summed E-state index contributed by atoms with van der Waals surface area (Å²) in [6.07, 6.45) is 3.13. The van der Waals surface area contributed by atoms with Crippen molar-refractivity contribution in [3.63, 3.8) is 0 Å². The number of morpholine rings is 1. The van der Waals surface area contributed by atoms with E-state index in [1.54, 1.807) is 6.92 Å². The van der Waals surface area contributed by atoms with E-state index in [1.807, 2.05) is 13.8 Å². The molecule has 0 bridgehead atoms. The van der Waals surface area contributed by atoms with Crippen LogP contribution in [0.15, 0.2) is 12.4 Å². The summed E-state index contributed by atoms with van der Waals surface area (Å²) in [4.78, 5) is 0. The summed E-state index contributed by atoms with van der Waals surface area (Å²) in [7, 11) is 0. The van der Waals surface area contributed by atoms with Crippen LogP contribution in [0.5, 0.6) is 0 Å². The monoisotopic (exact) mass is 291 g/mol. The van der Waals surface area contributed by atoms with Crippen LogP contribution in [0.2, 0.25) is 0 Å². The van der Waals surface area contributed by atoms with E-state index < -0.39 is 6.55 Å². The van der Waals surface area contributed by atoms with Gasteiger partial charge in [0.25, 0.3) is 0 Å². The number of aryl methyl sites for hydroxylation is 1. The van der Waals surface area contributed by atoms with Gasteiger partial charge in [-0.3, -0.25) is 0 Å². The fourth-order valence-electron chi connectivity index (χ4n) is 1.55. The Morgan fingerprint density at radius 2 is 2.05 bits per heavy atom. The van der Waals surface area contributed by atoms with Crippen molar-refractivity contribution in [3.05, 3.63) is 18.0 Å². The molecule has 1 N–H and O–H groups in total. The Morgan fingerprint density at radius 1 is 1.40 bits per heavy atom. The third-order valence-electron chi connectivity index (χ3n) is 2.63. The van der Waals surface area contributed by atoms with Gasteiger partial charge in [-0.05, 0) is 18.4 Å². The molecule has 1 fully saturated rings. The molecule has 1 aromatic heterocycles. The predicted octanol–water partition coefficient (Wildman–Crippen LogP) is 3.24. The highest BCUT2D eigenvalue weighted by atomic mass is 19.3. The molecule has 0 amide bonds. The van der Waals surface area contributed by atoms with Gasteiger partial charge in [0, 0.05) is 19.3 Å². The molecule has 2 heterocycles. The van der Waals surface area contributed by atoms with Gasteiger partial charge in [0.2, 0.25) is 0 Å². The minimum Gasteiger partial charge on any atom is -0.375 e. The first-order chi connectivity index (χ1) is 9.50. The van der Waals surface area contributed by atoms with Crippen LogP contribution in [-0.4, -0.2) is 35.6 Å². The van der Waals surface area contributed by atoms with E-state index in [2.05, 4.69) is 24.3 Å². The molecule has 0 aromatic carbocycles. The van der Waals surface area contributed by atoms with Crippen LogP contribution in [0.4, 0.5) is 8.78 Å². The lowest BCUT2D eigenvalue weighted by Gasteiger charge is -2.26. The average Bonchev–Trinajstić information content (AvgIpc) is 2.90. The number of rotatable bonds is 2. The number of ether oxygens (including phenoxy) is 1. The lowest BCUT2D eigenvalue weighted by Crippen LogP contribution is -2.41. The first-order valence-electron chi connectivity index (χ1n) is 7.12. The van der Waals surface area contributed by atoms with Crippen molar-refractivity contribution in [1.82, 2.24) is 15.1 Å². The molecule has 1 atom stereocenters. The summed E-state index contributed by atoms with van der Waals surface area (Å²) in [5.41, 5.74) is 0.746. The molecule has 1 unspecified atom stereocenters. The van der Waals surface area contributed by atoms with E-state index in [4.69, 9.17) is 4.74 Å². The molecular formula is C14H27F2N3O. The average molecular weight is 291 g/mol. The van der Waals surface area contributed by atoms with E-state index >= 15 is 0 Å². The molecule has 1 aliphatic rings. The van der Waals surface area contributed by atoms with E-state index in [1.165, 1.54) is 12.4 Å². The Morgan fingerprint density at radius 3 is 2.30 bits per heavy atom. The molecule has 6 heteroatoms. The Hall–Kier alpha value is -1.01. The second kappa shape index (κ2) is 10.7. The van der Waals surface area contributed by atoms with Gasteiger partial charge < -0.3 is 10.1 Å². The van der Waals surface area contributed by atoms with Crippen LogP contribution in [0.25, 0.3) is 0 Å². The summed E-state index contributed by atoms with van der Waals surface area (Å²) in [5, 5.41) is 6.67. The molecule has 20 heavy (non-hydrogen) atoms. The lowest BCUT2D eigenvalue weighted by molar-refractivity contribution is 0.000507. The number of nitrogens with zero attached hydrogens (tertiary/aromatic N) is 2. The van der Waals surface area contributed by atoms with Gasteiger partial charge in [0.15, 0.2) is 0 Å². The molecular weight excluding hydrogens is 264 g/mol. The van der Waals surface area contributed by atoms with Crippen molar-refractivity contribution in [3.8, 4) is 0 Å². The van der Waals surface area contributed by atoms with Crippen LogP contribution in [0, 0.1) is 12.8 Å². The maximum absolute atomic E-state index is 11.7. The zero-order valence-electron chi connectivity index (χ0n) is 13.1. The van der Waals surface area contributed by atoms with Gasteiger partial charge in [-0.1, -0.05) is 27.7 Å². The number of hydrogen-bond acceptors (Lipinski definition) is 3. The van der Waals surface area contributed by atoms with Crippen molar-refractivity contribution in [2.24, 2.45) is 5.92 Å². The minimum absolute atomic E-state index is 0.443. The van der Waals surface area contributed by atoms with E-state index in [9.17, 15) is 8.78 Å². The standard InChI is InChI=1S/C7H15NO.C5H6F2N2.C2H6/c1-6(2)7-5-8-3-4-9-7;1-4-2-8-9(3-4)5(6)7;1-2/h6-8H,3-5H2,1-2H3;2-3,5H,1H3;1-2H3. The summed E-state index contributed by atoms with van der Waals surface area (Å²) >= 11 is 0. The molecule has 4 nitrogen and oxygen atoms in total. The largest absolute Gasteiger partial charge is 0.375 e. The number of aromatic nitrogens is 2. The van der Waals surface area contributed by atoms with E-state index in [0.717, 1.165) is 25.3 Å². The van der Waals surface area contributed by atoms with Crippen molar-refractivity contribution in [2.45, 2.75) is 47.3 Å². The first-order valence-corrected chi connectivity index (χ1v) is 7.12. The first kappa shape index (κ1) is 19.0. The van der Waals surface area contributed by atoms with Crippen LogP contribution in [-0.2, 0) is 4.74 Å². The number of hydrogen-bond donors (Lipinski definition) is 1. The number of halogens is 2. The van der Waals surface area contributed by atoms with Crippen molar-refractivity contribution in [2.75, 3.05) is 19.7 Å². The maximum Gasteiger partial charge on any atom is 0.333 e. The Labute approximate surface area is 120 Å². The SMILES string of the molecule is CC.CC(C)C1CNCCO1.Cc1cnn(C(F)F)c1. The topological polar surface area (TPSA) is 39.1 Å².